The molecule has 0 aliphatic heterocycles. The molecule has 8 heteroatoms. The first kappa shape index (κ1) is 21.7. The topological polar surface area (TPSA) is 58.6 Å². The number of likely N-dealkylation sites (N-methyl/N-ethyl adjacent to an activating group) is 1. The molecular formula is C19H19Br2ClN2O3. The number of nitrogens with zero attached hydrogens (tertiary/aromatic N) is 1. The molecule has 0 saturated heterocycles. The minimum Gasteiger partial charge on any atom is -0.483 e. The number of rotatable bonds is 7. The van der Waals surface area contributed by atoms with Crippen LogP contribution in [0.3, 0.4) is 0 Å². The smallest absolute Gasteiger partial charge is 0.261 e. The van der Waals surface area contributed by atoms with E-state index in [0.29, 0.717) is 21.8 Å². The van der Waals surface area contributed by atoms with E-state index in [9.17, 15) is 9.59 Å². The molecule has 0 aromatic heterocycles. The van der Waals surface area contributed by atoms with Crippen molar-refractivity contribution in [1.29, 1.82) is 0 Å². The molecule has 0 aliphatic rings. The zero-order chi connectivity index (χ0) is 20.0. The highest BCUT2D eigenvalue weighted by molar-refractivity contribution is 9.10. The monoisotopic (exact) mass is 516 g/mol. The molecule has 0 aliphatic carbocycles. The maximum absolute atomic E-state index is 12.8. The van der Waals surface area contributed by atoms with Gasteiger partial charge in [-0.1, -0.05) is 39.7 Å². The van der Waals surface area contributed by atoms with Gasteiger partial charge in [-0.15, -0.1) is 0 Å². The highest BCUT2D eigenvalue weighted by Gasteiger charge is 2.26. The van der Waals surface area contributed by atoms with Gasteiger partial charge in [0, 0.05) is 23.1 Å². The Kier molecular flexibility index (Phi) is 8.13. The first-order valence-corrected chi connectivity index (χ1v) is 10.1. The predicted molar refractivity (Wildman–Crippen MR) is 113 cm³/mol. The van der Waals surface area contributed by atoms with Crippen LogP contribution in [-0.2, 0) is 16.1 Å². The Hall–Kier alpha value is -1.57. The molecule has 0 saturated carbocycles. The van der Waals surface area contributed by atoms with Crippen molar-refractivity contribution in [3.05, 3.63) is 62.0 Å². The summed E-state index contributed by atoms with van der Waals surface area (Å²) in [6.45, 7) is 1.79. The quantitative estimate of drug-likeness (QED) is 0.591. The maximum Gasteiger partial charge on any atom is 0.261 e. The average molecular weight is 519 g/mol. The van der Waals surface area contributed by atoms with Gasteiger partial charge in [-0.2, -0.15) is 0 Å². The number of benzene rings is 2. The third-order valence-electron chi connectivity index (χ3n) is 3.92. The van der Waals surface area contributed by atoms with E-state index in [1.54, 1.807) is 32.2 Å². The Labute approximate surface area is 180 Å². The van der Waals surface area contributed by atoms with Gasteiger partial charge in [0.25, 0.3) is 5.91 Å². The highest BCUT2D eigenvalue weighted by Crippen LogP contribution is 2.28. The predicted octanol–water partition coefficient (Wildman–Crippen LogP) is 4.41. The van der Waals surface area contributed by atoms with Crippen LogP contribution < -0.4 is 10.1 Å². The average Bonchev–Trinajstić information content (AvgIpc) is 2.65. The van der Waals surface area contributed by atoms with Gasteiger partial charge in [-0.05, 0) is 58.7 Å². The first-order valence-electron chi connectivity index (χ1n) is 8.15. The molecule has 2 aromatic carbocycles. The lowest BCUT2D eigenvalue weighted by molar-refractivity contribution is -0.142. The Morgan fingerprint density at radius 3 is 2.44 bits per heavy atom. The highest BCUT2D eigenvalue weighted by atomic mass is 79.9. The van der Waals surface area contributed by atoms with Crippen LogP contribution in [-0.4, -0.2) is 36.4 Å². The maximum atomic E-state index is 12.8. The zero-order valence-electron chi connectivity index (χ0n) is 14.8. The summed E-state index contributed by atoms with van der Waals surface area (Å²) in [6.07, 6.45) is 0. The molecule has 1 N–H and O–H groups in total. The summed E-state index contributed by atoms with van der Waals surface area (Å²) < 4.78 is 7.22. The summed E-state index contributed by atoms with van der Waals surface area (Å²) in [7, 11) is 1.54. The van der Waals surface area contributed by atoms with Crippen LogP contribution >= 0.6 is 43.5 Å². The Morgan fingerprint density at radius 2 is 1.85 bits per heavy atom. The van der Waals surface area contributed by atoms with Crippen LogP contribution in [0.5, 0.6) is 5.75 Å². The SMILES string of the molecule is CNC(=O)[C@@H](C)N(Cc1ccc(Br)cc1)C(=O)COc1ccc(Cl)cc1Br. The molecule has 2 aromatic rings. The standard InChI is InChI=1S/C19H19Br2ClN2O3/c1-12(19(26)23-2)24(10-13-3-5-14(20)6-4-13)18(25)11-27-17-8-7-15(22)9-16(17)21/h3-9,12H,10-11H2,1-2H3,(H,23,26)/t12-/m1/s1. The van der Waals surface area contributed by atoms with Crippen LogP contribution in [0.1, 0.15) is 12.5 Å². The second-order valence-electron chi connectivity index (χ2n) is 5.80. The van der Waals surface area contributed by atoms with Gasteiger partial charge < -0.3 is 15.0 Å². The van der Waals surface area contributed by atoms with Crippen LogP contribution in [0.4, 0.5) is 0 Å². The minimum absolute atomic E-state index is 0.196. The van der Waals surface area contributed by atoms with E-state index >= 15 is 0 Å². The molecular weight excluding hydrogens is 499 g/mol. The van der Waals surface area contributed by atoms with E-state index in [-0.39, 0.29) is 18.4 Å². The lowest BCUT2D eigenvalue weighted by Crippen LogP contribution is -2.48. The van der Waals surface area contributed by atoms with Gasteiger partial charge in [-0.3, -0.25) is 9.59 Å². The lowest BCUT2D eigenvalue weighted by Gasteiger charge is -2.28. The van der Waals surface area contributed by atoms with E-state index in [0.717, 1.165) is 10.0 Å². The van der Waals surface area contributed by atoms with Gasteiger partial charge in [-0.25, -0.2) is 0 Å². The summed E-state index contributed by atoms with van der Waals surface area (Å²) in [4.78, 5) is 26.4. The Balaban J connectivity index is 2.14. The molecule has 0 unspecified atom stereocenters. The van der Waals surface area contributed by atoms with Crippen molar-refractivity contribution in [2.75, 3.05) is 13.7 Å². The van der Waals surface area contributed by atoms with E-state index < -0.39 is 6.04 Å². The molecule has 2 rings (SSSR count). The summed E-state index contributed by atoms with van der Waals surface area (Å²) in [5, 5.41) is 3.14. The summed E-state index contributed by atoms with van der Waals surface area (Å²) in [5.41, 5.74) is 0.912. The summed E-state index contributed by atoms with van der Waals surface area (Å²) in [6, 6.07) is 12.0. The molecule has 0 fully saturated rings. The van der Waals surface area contributed by atoms with Crippen molar-refractivity contribution in [3.63, 3.8) is 0 Å². The van der Waals surface area contributed by atoms with Gasteiger partial charge in [0.05, 0.1) is 4.47 Å². The van der Waals surface area contributed by atoms with E-state index in [1.807, 2.05) is 24.3 Å². The van der Waals surface area contributed by atoms with Crippen LogP contribution in [0.15, 0.2) is 51.4 Å². The van der Waals surface area contributed by atoms with Crippen molar-refractivity contribution in [3.8, 4) is 5.75 Å². The Bertz CT molecular complexity index is 815. The van der Waals surface area contributed by atoms with Gasteiger partial charge in [0.15, 0.2) is 6.61 Å². The van der Waals surface area contributed by atoms with E-state index in [1.165, 1.54) is 4.90 Å². The van der Waals surface area contributed by atoms with Gasteiger partial charge in [0.1, 0.15) is 11.8 Å². The molecule has 1 atom stereocenters. The van der Waals surface area contributed by atoms with Crippen LogP contribution in [0.25, 0.3) is 0 Å². The number of hydrogen-bond acceptors (Lipinski definition) is 3. The van der Waals surface area contributed by atoms with Gasteiger partial charge >= 0.3 is 0 Å². The molecule has 27 heavy (non-hydrogen) atoms. The van der Waals surface area contributed by atoms with Crippen molar-refractivity contribution < 1.29 is 14.3 Å². The van der Waals surface area contributed by atoms with Crippen LogP contribution in [0, 0.1) is 0 Å². The zero-order valence-corrected chi connectivity index (χ0v) is 18.8. The molecule has 144 valence electrons. The third kappa shape index (κ3) is 6.23. The fraction of sp³-hybridized carbons (Fsp3) is 0.263. The molecule has 0 bridgehead atoms. The molecule has 5 nitrogen and oxygen atoms in total. The lowest BCUT2D eigenvalue weighted by atomic mass is 10.1. The fourth-order valence-electron chi connectivity index (χ4n) is 2.39. The van der Waals surface area contributed by atoms with Crippen molar-refractivity contribution in [2.24, 2.45) is 0 Å². The van der Waals surface area contributed by atoms with Crippen molar-refractivity contribution in [1.82, 2.24) is 10.2 Å². The molecule has 0 radical (unpaired) electrons. The van der Waals surface area contributed by atoms with Crippen molar-refractivity contribution >= 4 is 55.3 Å². The number of nitrogens with one attached hydrogen (secondary N) is 1. The van der Waals surface area contributed by atoms with E-state index in [2.05, 4.69) is 37.2 Å². The summed E-state index contributed by atoms with van der Waals surface area (Å²) in [5.74, 6) is -0.0343. The second kappa shape index (κ2) is 10.1. The molecule has 0 heterocycles. The number of hydrogen-bond donors (Lipinski definition) is 1. The number of halogens is 3. The first-order chi connectivity index (χ1) is 12.8. The number of carbonyl (C=O) groups excluding carboxylic acids is 2. The second-order valence-corrected chi connectivity index (χ2v) is 8.01. The Morgan fingerprint density at radius 1 is 1.19 bits per heavy atom. The van der Waals surface area contributed by atoms with E-state index in [4.69, 9.17) is 16.3 Å². The number of carbonyl (C=O) groups is 2. The molecule has 2 amide bonds. The van der Waals surface area contributed by atoms with Crippen LogP contribution in [0.2, 0.25) is 5.02 Å². The number of amides is 2. The molecule has 0 spiro atoms. The number of ether oxygens (including phenoxy) is 1. The van der Waals surface area contributed by atoms with Crippen molar-refractivity contribution in [2.45, 2.75) is 19.5 Å². The minimum atomic E-state index is -0.636. The normalized spacial score (nSPS) is 11.6. The summed E-state index contributed by atoms with van der Waals surface area (Å²) >= 11 is 12.7. The largest absolute Gasteiger partial charge is 0.483 e. The third-order valence-corrected chi connectivity index (χ3v) is 5.31. The van der Waals surface area contributed by atoms with Gasteiger partial charge in [0.2, 0.25) is 5.91 Å². The fourth-order valence-corrected chi connectivity index (χ4v) is 3.45.